The maximum atomic E-state index is 11.8. The molecule has 1 aliphatic rings. The van der Waals surface area contributed by atoms with Crippen molar-refractivity contribution in [2.24, 2.45) is 0 Å². The topological polar surface area (TPSA) is 117 Å². The molecule has 0 spiro atoms. The zero-order chi connectivity index (χ0) is 21.1. The average Bonchev–Trinajstić information content (AvgIpc) is 2.64. The van der Waals surface area contributed by atoms with Crippen molar-refractivity contribution in [2.75, 3.05) is 0 Å². The predicted molar refractivity (Wildman–Crippen MR) is 107 cm³/mol. The minimum absolute atomic E-state index is 0.0320. The van der Waals surface area contributed by atoms with Crippen LogP contribution in [0.4, 0.5) is 5.69 Å². The first-order chi connectivity index (χ1) is 13.8. The van der Waals surface area contributed by atoms with E-state index >= 15 is 0 Å². The van der Waals surface area contributed by atoms with Gasteiger partial charge in [-0.25, -0.2) is 0 Å². The number of halogens is 1. The van der Waals surface area contributed by atoms with Crippen LogP contribution in [0.1, 0.15) is 56.7 Å². The number of hydrogen-bond donors (Lipinski definition) is 1. The zero-order valence-corrected chi connectivity index (χ0v) is 17.9. The molecule has 0 saturated carbocycles. The molecule has 2 heterocycles. The normalized spacial score (nSPS) is 14.4. The van der Waals surface area contributed by atoms with Crippen molar-refractivity contribution in [3.63, 3.8) is 0 Å². The van der Waals surface area contributed by atoms with Crippen molar-refractivity contribution in [2.45, 2.75) is 58.7 Å². The number of nitro groups is 1. The van der Waals surface area contributed by atoms with E-state index in [0.717, 1.165) is 6.42 Å². The van der Waals surface area contributed by atoms with Crippen LogP contribution in [0.2, 0.25) is 0 Å². The molecule has 0 saturated heterocycles. The van der Waals surface area contributed by atoms with Gasteiger partial charge in [0.2, 0.25) is 18.1 Å². The second-order valence-electron chi connectivity index (χ2n) is 6.88. The molecular formula is C19H22BrN3O6. The molecule has 1 N–H and O–H groups in total. The maximum Gasteiger partial charge on any atom is 0.281 e. The molecule has 1 unspecified atom stereocenters. The van der Waals surface area contributed by atoms with Crippen molar-refractivity contribution in [3.05, 3.63) is 49.7 Å². The molecule has 1 aliphatic heterocycles. The molecule has 1 aromatic heterocycles. The first-order valence-corrected chi connectivity index (χ1v) is 10.1. The van der Waals surface area contributed by atoms with E-state index in [9.17, 15) is 15.2 Å². The van der Waals surface area contributed by atoms with Gasteiger partial charge in [0.15, 0.2) is 5.82 Å². The van der Waals surface area contributed by atoms with E-state index in [-0.39, 0.29) is 41.5 Å². The molecule has 156 valence electrons. The van der Waals surface area contributed by atoms with Gasteiger partial charge in [0.25, 0.3) is 5.69 Å². The summed E-state index contributed by atoms with van der Waals surface area (Å²) >= 11 is 3.34. The Morgan fingerprint density at radius 2 is 1.93 bits per heavy atom. The molecule has 0 aliphatic carbocycles. The van der Waals surface area contributed by atoms with Gasteiger partial charge >= 0.3 is 0 Å². The van der Waals surface area contributed by atoms with E-state index in [1.807, 2.05) is 20.8 Å². The summed E-state index contributed by atoms with van der Waals surface area (Å²) in [5, 5.41) is 22.7. The van der Waals surface area contributed by atoms with Gasteiger partial charge in [0.05, 0.1) is 34.8 Å². The number of fused-ring (bicyclic) bond motifs is 2. The molecule has 10 heteroatoms. The highest BCUT2D eigenvalue weighted by atomic mass is 79.9. The number of rotatable bonds is 8. The van der Waals surface area contributed by atoms with Crippen LogP contribution in [0.3, 0.4) is 0 Å². The van der Waals surface area contributed by atoms with Crippen molar-refractivity contribution >= 4 is 21.6 Å². The Morgan fingerprint density at radius 1 is 1.28 bits per heavy atom. The van der Waals surface area contributed by atoms with Crippen LogP contribution < -0.4 is 9.47 Å². The minimum Gasteiger partial charge on any atom is -0.437 e. The Morgan fingerprint density at radius 3 is 2.48 bits per heavy atom. The Labute approximate surface area is 176 Å². The fraction of sp³-hybridized carbons (Fsp3) is 0.474. The number of nitrogens with zero attached hydrogens (tertiary/aromatic N) is 3. The SMILES string of the molecule is CCCC1Oc2cc(nc(C(O)c3cc(Br)cc(COC(C)C)c3[N+](=O)[O-])n2)O1. The molecule has 2 aromatic rings. The number of aliphatic hydroxyl groups excluding tert-OH is 1. The molecule has 9 nitrogen and oxygen atoms in total. The summed E-state index contributed by atoms with van der Waals surface area (Å²) in [4.78, 5) is 19.7. The van der Waals surface area contributed by atoms with E-state index in [1.165, 1.54) is 12.1 Å². The maximum absolute atomic E-state index is 11.8. The Kier molecular flexibility index (Phi) is 6.66. The molecule has 2 bridgehead atoms. The average molecular weight is 468 g/mol. The third-order valence-electron chi connectivity index (χ3n) is 4.20. The van der Waals surface area contributed by atoms with Gasteiger partial charge in [-0.3, -0.25) is 10.1 Å². The molecule has 1 atom stereocenters. The summed E-state index contributed by atoms with van der Waals surface area (Å²) in [5.41, 5.74) is 0.159. The smallest absolute Gasteiger partial charge is 0.281 e. The van der Waals surface area contributed by atoms with Gasteiger partial charge in [-0.05, 0) is 32.4 Å². The van der Waals surface area contributed by atoms with Crippen molar-refractivity contribution in [3.8, 4) is 11.8 Å². The lowest BCUT2D eigenvalue weighted by atomic mass is 10.0. The van der Waals surface area contributed by atoms with Crippen LogP contribution in [-0.2, 0) is 11.3 Å². The number of hydrogen-bond acceptors (Lipinski definition) is 8. The second kappa shape index (κ2) is 9.02. The fourth-order valence-corrected chi connectivity index (χ4v) is 3.45. The van der Waals surface area contributed by atoms with Crippen LogP contribution in [-0.4, -0.2) is 32.4 Å². The summed E-state index contributed by atoms with van der Waals surface area (Å²) in [6, 6.07) is 4.59. The summed E-state index contributed by atoms with van der Waals surface area (Å²) in [5.74, 6) is 0.480. The van der Waals surface area contributed by atoms with Gasteiger partial charge in [-0.2, -0.15) is 9.97 Å². The predicted octanol–water partition coefficient (Wildman–Crippen LogP) is 4.05. The Hall–Kier alpha value is -2.30. The lowest BCUT2D eigenvalue weighted by molar-refractivity contribution is -0.387. The van der Waals surface area contributed by atoms with Crippen LogP contribution >= 0.6 is 15.9 Å². The van der Waals surface area contributed by atoms with Crippen LogP contribution in [0.15, 0.2) is 22.7 Å². The molecule has 0 amide bonds. The van der Waals surface area contributed by atoms with Gasteiger partial charge in [0.1, 0.15) is 6.10 Å². The summed E-state index contributed by atoms with van der Waals surface area (Å²) < 4.78 is 17.3. The van der Waals surface area contributed by atoms with E-state index < -0.39 is 17.3 Å². The Bertz CT molecular complexity index is 884. The monoisotopic (exact) mass is 467 g/mol. The van der Waals surface area contributed by atoms with E-state index in [4.69, 9.17) is 14.2 Å². The van der Waals surface area contributed by atoms with Crippen LogP contribution in [0, 0.1) is 10.1 Å². The zero-order valence-electron chi connectivity index (χ0n) is 16.3. The summed E-state index contributed by atoms with van der Waals surface area (Å²) in [7, 11) is 0. The molecule has 29 heavy (non-hydrogen) atoms. The standard InChI is InChI=1S/C19H22BrN3O6/c1-4-5-16-28-14-8-15(29-16)22-19(21-14)18(24)13-7-12(20)6-11(9-27-10(2)3)17(13)23(25)26/h6-8,10,16,18,24H,4-5,9H2,1-3H3. The third kappa shape index (κ3) is 5.01. The molecule has 0 radical (unpaired) electrons. The highest BCUT2D eigenvalue weighted by Crippen LogP contribution is 2.37. The molecule has 0 fully saturated rings. The lowest BCUT2D eigenvalue weighted by Crippen LogP contribution is -2.28. The van der Waals surface area contributed by atoms with Crippen molar-refractivity contribution in [1.82, 2.24) is 9.97 Å². The minimum atomic E-state index is -1.45. The van der Waals surface area contributed by atoms with Gasteiger partial charge in [-0.1, -0.05) is 22.9 Å². The number of ether oxygens (including phenoxy) is 3. The van der Waals surface area contributed by atoms with E-state index in [0.29, 0.717) is 16.5 Å². The van der Waals surface area contributed by atoms with E-state index in [2.05, 4.69) is 25.9 Å². The van der Waals surface area contributed by atoms with Gasteiger partial charge in [-0.15, -0.1) is 0 Å². The molecule has 1 aromatic carbocycles. The lowest BCUT2D eigenvalue weighted by Gasteiger charge is -2.24. The third-order valence-corrected chi connectivity index (χ3v) is 4.66. The largest absolute Gasteiger partial charge is 0.437 e. The molecule has 3 rings (SSSR count). The van der Waals surface area contributed by atoms with Crippen LogP contribution in [0.5, 0.6) is 11.8 Å². The number of benzene rings is 1. The second-order valence-corrected chi connectivity index (χ2v) is 7.79. The quantitative estimate of drug-likeness (QED) is 0.456. The number of nitro benzene ring substituents is 1. The van der Waals surface area contributed by atoms with E-state index in [1.54, 1.807) is 6.07 Å². The van der Waals surface area contributed by atoms with Crippen LogP contribution in [0.25, 0.3) is 0 Å². The number of aromatic nitrogens is 2. The van der Waals surface area contributed by atoms with Crippen molar-refractivity contribution in [1.29, 1.82) is 0 Å². The summed E-state index contributed by atoms with van der Waals surface area (Å²) in [6.45, 7) is 5.71. The Balaban J connectivity index is 1.98. The molecular weight excluding hydrogens is 446 g/mol. The first kappa shape index (κ1) is 21.4. The van der Waals surface area contributed by atoms with Crippen molar-refractivity contribution < 1.29 is 24.2 Å². The summed E-state index contributed by atoms with van der Waals surface area (Å²) in [6.07, 6.45) is -0.510. The fourth-order valence-electron chi connectivity index (χ4n) is 2.93. The first-order valence-electron chi connectivity index (χ1n) is 9.27. The van der Waals surface area contributed by atoms with Gasteiger partial charge in [0, 0.05) is 10.9 Å². The highest BCUT2D eigenvalue weighted by molar-refractivity contribution is 9.10. The van der Waals surface area contributed by atoms with Gasteiger partial charge < -0.3 is 19.3 Å². The highest BCUT2D eigenvalue weighted by Gasteiger charge is 2.30. The number of aliphatic hydroxyl groups is 1.